The Morgan fingerprint density at radius 1 is 1.00 bits per heavy atom. The van der Waals surface area contributed by atoms with Gasteiger partial charge in [0, 0.05) is 21.2 Å². The van der Waals surface area contributed by atoms with E-state index in [0.717, 1.165) is 11.1 Å². The molecule has 2 N–H and O–H groups in total. The number of nitrogens with zero attached hydrogens (tertiary/aromatic N) is 1. The molecule has 0 fully saturated rings. The molecule has 3 rings (SSSR count). The summed E-state index contributed by atoms with van der Waals surface area (Å²) in [5, 5.41) is 7.90. The lowest BCUT2D eigenvalue weighted by atomic mass is 10.0. The fourth-order valence-corrected chi connectivity index (χ4v) is 3.85. The Kier molecular flexibility index (Phi) is 9.94. The smallest absolute Gasteiger partial charge is 0.262 e. The van der Waals surface area contributed by atoms with Gasteiger partial charge in [-0.3, -0.25) is 9.59 Å². The zero-order valence-corrected chi connectivity index (χ0v) is 22.6. The van der Waals surface area contributed by atoms with Crippen LogP contribution in [0.25, 0.3) is 0 Å². The molecule has 194 valence electrons. The molecule has 0 bridgehead atoms. The Morgan fingerprint density at radius 3 is 2.38 bits per heavy atom. The molecule has 0 saturated heterocycles. The number of hydrazone groups is 1. The number of methoxy groups -OCH3 is 1. The highest BCUT2D eigenvalue weighted by Gasteiger charge is 2.24. The first-order valence-electron chi connectivity index (χ1n) is 11.6. The predicted octanol–water partition coefficient (Wildman–Crippen LogP) is 5.79. The molecule has 0 aliphatic rings. The Labute approximate surface area is 226 Å². The molecule has 7 nitrogen and oxygen atoms in total. The first-order chi connectivity index (χ1) is 17.7. The standard InChI is InChI=1S/C28H29Cl2N3O4/c1-17(2)26(32-27(34)20-8-5-18(3)6-9-20)28(35)33-31-15-19-7-12-24(25(13-19)36-4)37-16-21-10-11-22(29)14-23(21)30/h5-15,17,26H,16H2,1-4H3,(H,32,34)(H,33,35)/b31-15+. The minimum atomic E-state index is -0.754. The summed E-state index contributed by atoms with van der Waals surface area (Å²) < 4.78 is 11.3. The first-order valence-corrected chi connectivity index (χ1v) is 12.4. The van der Waals surface area contributed by atoms with Crippen molar-refractivity contribution in [3.05, 3.63) is 93.0 Å². The summed E-state index contributed by atoms with van der Waals surface area (Å²) >= 11 is 12.2. The van der Waals surface area contributed by atoms with E-state index >= 15 is 0 Å². The highest BCUT2D eigenvalue weighted by atomic mass is 35.5. The molecule has 2 amide bonds. The van der Waals surface area contributed by atoms with Crippen LogP contribution in [-0.2, 0) is 11.4 Å². The van der Waals surface area contributed by atoms with Crippen molar-refractivity contribution < 1.29 is 19.1 Å². The van der Waals surface area contributed by atoms with Crippen molar-refractivity contribution >= 4 is 41.2 Å². The monoisotopic (exact) mass is 541 g/mol. The van der Waals surface area contributed by atoms with Gasteiger partial charge < -0.3 is 14.8 Å². The van der Waals surface area contributed by atoms with Crippen LogP contribution in [0, 0.1) is 12.8 Å². The van der Waals surface area contributed by atoms with Crippen molar-refractivity contribution in [3.63, 3.8) is 0 Å². The molecule has 3 aromatic rings. The largest absolute Gasteiger partial charge is 0.493 e. The maximum absolute atomic E-state index is 12.7. The van der Waals surface area contributed by atoms with Crippen LogP contribution in [0.2, 0.25) is 10.0 Å². The van der Waals surface area contributed by atoms with Crippen molar-refractivity contribution in [1.82, 2.24) is 10.7 Å². The van der Waals surface area contributed by atoms with Gasteiger partial charge in [-0.25, -0.2) is 5.43 Å². The third-order valence-electron chi connectivity index (χ3n) is 5.52. The molecule has 0 aliphatic heterocycles. The van der Waals surface area contributed by atoms with Crippen LogP contribution >= 0.6 is 23.2 Å². The van der Waals surface area contributed by atoms with Gasteiger partial charge in [-0.1, -0.05) is 60.8 Å². The molecular formula is C28H29Cl2N3O4. The summed E-state index contributed by atoms with van der Waals surface area (Å²) in [6, 6.07) is 16.8. The van der Waals surface area contributed by atoms with Gasteiger partial charge in [-0.15, -0.1) is 0 Å². The quantitative estimate of drug-likeness (QED) is 0.251. The summed E-state index contributed by atoms with van der Waals surface area (Å²) in [6.07, 6.45) is 1.49. The molecule has 0 saturated carbocycles. The molecular weight excluding hydrogens is 513 g/mol. The number of rotatable bonds is 10. The van der Waals surface area contributed by atoms with E-state index in [-0.39, 0.29) is 18.4 Å². The summed E-state index contributed by atoms with van der Waals surface area (Å²) in [5.74, 6) is 0.131. The lowest BCUT2D eigenvalue weighted by Crippen LogP contribution is -2.48. The van der Waals surface area contributed by atoms with Gasteiger partial charge in [0.25, 0.3) is 11.8 Å². The van der Waals surface area contributed by atoms with Crippen molar-refractivity contribution in [2.45, 2.75) is 33.4 Å². The van der Waals surface area contributed by atoms with Gasteiger partial charge in [-0.2, -0.15) is 5.10 Å². The lowest BCUT2D eigenvalue weighted by molar-refractivity contribution is -0.123. The van der Waals surface area contributed by atoms with Crippen molar-refractivity contribution in [2.24, 2.45) is 11.0 Å². The first kappa shape index (κ1) is 28.0. The van der Waals surface area contributed by atoms with E-state index in [4.69, 9.17) is 32.7 Å². The second-order valence-electron chi connectivity index (χ2n) is 8.73. The molecule has 0 aromatic heterocycles. The van der Waals surface area contributed by atoms with Crippen LogP contribution in [0.1, 0.15) is 40.9 Å². The number of benzene rings is 3. The average molecular weight is 542 g/mol. The molecule has 0 heterocycles. The Hall–Kier alpha value is -3.55. The molecule has 0 aliphatic carbocycles. The summed E-state index contributed by atoms with van der Waals surface area (Å²) in [7, 11) is 1.53. The maximum Gasteiger partial charge on any atom is 0.262 e. The van der Waals surface area contributed by atoms with E-state index in [2.05, 4.69) is 15.8 Å². The lowest BCUT2D eigenvalue weighted by Gasteiger charge is -2.20. The molecule has 1 unspecified atom stereocenters. The van der Waals surface area contributed by atoms with Crippen molar-refractivity contribution in [3.8, 4) is 11.5 Å². The van der Waals surface area contributed by atoms with E-state index in [9.17, 15) is 9.59 Å². The number of nitrogens with one attached hydrogen (secondary N) is 2. The fraction of sp³-hybridized carbons (Fsp3) is 0.250. The van der Waals surface area contributed by atoms with Crippen LogP contribution in [0.4, 0.5) is 0 Å². The highest BCUT2D eigenvalue weighted by molar-refractivity contribution is 6.35. The summed E-state index contributed by atoms with van der Waals surface area (Å²) in [6.45, 7) is 5.88. The van der Waals surface area contributed by atoms with Crippen LogP contribution in [0.3, 0.4) is 0 Å². The van der Waals surface area contributed by atoms with Crippen LogP contribution < -0.4 is 20.2 Å². The number of hydrogen-bond donors (Lipinski definition) is 2. The van der Waals surface area contributed by atoms with E-state index in [0.29, 0.717) is 32.7 Å². The molecule has 3 aromatic carbocycles. The average Bonchev–Trinajstić information content (AvgIpc) is 2.87. The normalized spacial score (nSPS) is 11.9. The number of ether oxygens (including phenoxy) is 2. The molecule has 0 spiro atoms. The van der Waals surface area contributed by atoms with Crippen molar-refractivity contribution in [2.75, 3.05) is 7.11 Å². The number of hydrogen-bond acceptors (Lipinski definition) is 5. The summed E-state index contributed by atoms with van der Waals surface area (Å²) in [5.41, 5.74) is 5.51. The molecule has 9 heteroatoms. The number of amides is 2. The second kappa shape index (κ2) is 13.1. The Balaban J connectivity index is 1.61. The van der Waals surface area contributed by atoms with E-state index in [1.54, 1.807) is 48.5 Å². The van der Waals surface area contributed by atoms with Crippen LogP contribution in [-0.4, -0.2) is 31.2 Å². The zero-order chi connectivity index (χ0) is 26.9. The third kappa shape index (κ3) is 7.97. The highest BCUT2D eigenvalue weighted by Crippen LogP contribution is 2.29. The zero-order valence-electron chi connectivity index (χ0n) is 21.0. The van der Waals surface area contributed by atoms with Gasteiger partial charge in [0.1, 0.15) is 12.6 Å². The predicted molar refractivity (Wildman–Crippen MR) is 147 cm³/mol. The SMILES string of the molecule is COc1cc(/C=N/NC(=O)C(NC(=O)c2ccc(C)cc2)C(C)C)ccc1OCc1ccc(Cl)cc1Cl. The Bertz CT molecular complexity index is 1280. The van der Waals surface area contributed by atoms with E-state index in [1.807, 2.05) is 32.9 Å². The molecule has 37 heavy (non-hydrogen) atoms. The number of halogens is 2. The van der Waals surface area contributed by atoms with Crippen LogP contribution in [0.15, 0.2) is 65.8 Å². The number of carbonyl (C=O) groups is 2. The minimum absolute atomic E-state index is 0.143. The third-order valence-corrected chi connectivity index (χ3v) is 6.11. The van der Waals surface area contributed by atoms with E-state index < -0.39 is 11.9 Å². The maximum atomic E-state index is 12.7. The second-order valence-corrected chi connectivity index (χ2v) is 9.57. The van der Waals surface area contributed by atoms with Gasteiger partial charge in [0.15, 0.2) is 11.5 Å². The number of aryl methyl sites for hydroxylation is 1. The summed E-state index contributed by atoms with van der Waals surface area (Å²) in [4.78, 5) is 25.3. The van der Waals surface area contributed by atoms with Gasteiger partial charge in [0.2, 0.25) is 0 Å². The molecule has 1 atom stereocenters. The van der Waals surface area contributed by atoms with Gasteiger partial charge in [0.05, 0.1) is 13.3 Å². The van der Waals surface area contributed by atoms with Gasteiger partial charge >= 0.3 is 0 Å². The van der Waals surface area contributed by atoms with Gasteiger partial charge in [-0.05, 0) is 60.9 Å². The Morgan fingerprint density at radius 2 is 1.73 bits per heavy atom. The fourth-order valence-electron chi connectivity index (χ4n) is 3.38. The minimum Gasteiger partial charge on any atom is -0.493 e. The topological polar surface area (TPSA) is 89.0 Å². The van der Waals surface area contributed by atoms with Crippen molar-refractivity contribution in [1.29, 1.82) is 0 Å². The number of carbonyl (C=O) groups excluding carboxylic acids is 2. The van der Waals surface area contributed by atoms with E-state index in [1.165, 1.54) is 13.3 Å². The molecule has 0 radical (unpaired) electrons. The van der Waals surface area contributed by atoms with Crippen LogP contribution in [0.5, 0.6) is 11.5 Å².